The Morgan fingerprint density at radius 2 is 2.12 bits per heavy atom. The van der Waals surface area contributed by atoms with Gasteiger partial charge in [-0.05, 0) is 37.8 Å². The topological polar surface area (TPSA) is 72.7 Å². The first kappa shape index (κ1) is 16.4. The molecule has 3 aromatic rings. The minimum absolute atomic E-state index is 0.0222. The number of hydrogen-bond donors (Lipinski definition) is 1. The molecule has 1 unspecified atom stereocenters. The van der Waals surface area contributed by atoms with Gasteiger partial charge in [-0.3, -0.25) is 9.48 Å². The second kappa shape index (κ2) is 7.07. The SMILES string of the molecule is Cc1nccc(C(=O)NC2CCCc3c2cnn3Cc2ccccc2)n1. The van der Waals surface area contributed by atoms with Crippen LogP contribution in [0.5, 0.6) is 0 Å². The first-order chi connectivity index (χ1) is 12.7. The zero-order valence-corrected chi connectivity index (χ0v) is 14.7. The summed E-state index contributed by atoms with van der Waals surface area (Å²) in [4.78, 5) is 20.8. The maximum atomic E-state index is 12.5. The van der Waals surface area contributed by atoms with E-state index in [2.05, 4.69) is 37.2 Å². The van der Waals surface area contributed by atoms with E-state index in [-0.39, 0.29) is 11.9 Å². The standard InChI is InChI=1S/C20H21N5O/c1-14-21-11-10-18(23-14)20(26)24-17-8-5-9-19-16(17)12-22-25(19)13-15-6-3-2-4-7-15/h2-4,6-7,10-12,17H,5,8-9,13H2,1H3,(H,24,26). The summed E-state index contributed by atoms with van der Waals surface area (Å²) in [6.07, 6.45) is 6.44. The lowest BCUT2D eigenvalue weighted by Gasteiger charge is -2.24. The van der Waals surface area contributed by atoms with Gasteiger partial charge < -0.3 is 5.32 Å². The number of aromatic nitrogens is 4. The fourth-order valence-corrected chi connectivity index (χ4v) is 3.48. The molecule has 0 saturated carbocycles. The molecule has 26 heavy (non-hydrogen) atoms. The fourth-order valence-electron chi connectivity index (χ4n) is 3.48. The quantitative estimate of drug-likeness (QED) is 0.788. The Balaban J connectivity index is 1.53. The first-order valence-corrected chi connectivity index (χ1v) is 8.90. The molecule has 2 heterocycles. The third-order valence-electron chi connectivity index (χ3n) is 4.75. The van der Waals surface area contributed by atoms with Crippen LogP contribution in [0, 0.1) is 6.92 Å². The molecule has 132 valence electrons. The van der Waals surface area contributed by atoms with Crippen LogP contribution in [0.2, 0.25) is 0 Å². The average Bonchev–Trinajstić information content (AvgIpc) is 3.06. The van der Waals surface area contributed by atoms with E-state index >= 15 is 0 Å². The van der Waals surface area contributed by atoms with Crippen LogP contribution in [-0.4, -0.2) is 25.7 Å². The molecule has 0 radical (unpaired) electrons. The van der Waals surface area contributed by atoms with Crippen LogP contribution in [0.25, 0.3) is 0 Å². The Labute approximate surface area is 152 Å². The Bertz CT molecular complexity index is 919. The molecular formula is C20H21N5O. The lowest BCUT2D eigenvalue weighted by molar-refractivity contribution is 0.0927. The van der Waals surface area contributed by atoms with Crippen LogP contribution < -0.4 is 5.32 Å². The van der Waals surface area contributed by atoms with Crippen molar-refractivity contribution >= 4 is 5.91 Å². The Morgan fingerprint density at radius 3 is 2.92 bits per heavy atom. The highest BCUT2D eigenvalue weighted by Crippen LogP contribution is 2.30. The third kappa shape index (κ3) is 3.35. The molecule has 1 aromatic carbocycles. The fraction of sp³-hybridized carbons (Fsp3) is 0.300. The monoisotopic (exact) mass is 347 g/mol. The number of benzene rings is 1. The molecule has 4 rings (SSSR count). The summed E-state index contributed by atoms with van der Waals surface area (Å²) in [7, 11) is 0. The van der Waals surface area contributed by atoms with E-state index in [9.17, 15) is 4.79 Å². The molecular weight excluding hydrogens is 326 g/mol. The van der Waals surface area contributed by atoms with Gasteiger partial charge in [-0.1, -0.05) is 30.3 Å². The number of carbonyl (C=O) groups is 1. The molecule has 1 amide bonds. The molecule has 1 atom stereocenters. The summed E-state index contributed by atoms with van der Waals surface area (Å²) in [5, 5.41) is 7.69. The van der Waals surface area contributed by atoms with Crippen LogP contribution >= 0.6 is 0 Å². The molecule has 1 aliphatic carbocycles. The van der Waals surface area contributed by atoms with E-state index in [4.69, 9.17) is 0 Å². The van der Waals surface area contributed by atoms with Crippen molar-refractivity contribution in [2.75, 3.05) is 0 Å². The molecule has 0 spiro atoms. The Kier molecular flexibility index (Phi) is 4.48. The van der Waals surface area contributed by atoms with Gasteiger partial charge in [-0.15, -0.1) is 0 Å². The minimum Gasteiger partial charge on any atom is -0.344 e. The zero-order chi connectivity index (χ0) is 17.9. The summed E-state index contributed by atoms with van der Waals surface area (Å²) in [6.45, 7) is 2.53. The molecule has 0 saturated heterocycles. The van der Waals surface area contributed by atoms with E-state index in [0.717, 1.165) is 31.4 Å². The molecule has 0 bridgehead atoms. The summed E-state index contributed by atoms with van der Waals surface area (Å²) in [5.41, 5.74) is 3.96. The number of carbonyl (C=O) groups excluding carboxylic acids is 1. The number of fused-ring (bicyclic) bond motifs is 1. The van der Waals surface area contributed by atoms with Crippen molar-refractivity contribution in [3.8, 4) is 0 Å². The van der Waals surface area contributed by atoms with Crippen LogP contribution in [0.3, 0.4) is 0 Å². The normalized spacial score (nSPS) is 16.1. The minimum atomic E-state index is -0.163. The third-order valence-corrected chi connectivity index (χ3v) is 4.75. The van der Waals surface area contributed by atoms with E-state index in [0.29, 0.717) is 11.5 Å². The van der Waals surface area contributed by atoms with Crippen molar-refractivity contribution in [1.29, 1.82) is 0 Å². The van der Waals surface area contributed by atoms with Crippen molar-refractivity contribution in [2.24, 2.45) is 0 Å². The number of nitrogens with zero attached hydrogens (tertiary/aromatic N) is 4. The highest BCUT2D eigenvalue weighted by Gasteiger charge is 2.26. The zero-order valence-electron chi connectivity index (χ0n) is 14.7. The molecule has 6 nitrogen and oxygen atoms in total. The predicted octanol–water partition coefficient (Wildman–Crippen LogP) is 2.84. The molecule has 1 N–H and O–H groups in total. The van der Waals surface area contributed by atoms with Crippen molar-refractivity contribution in [1.82, 2.24) is 25.1 Å². The van der Waals surface area contributed by atoms with E-state index < -0.39 is 0 Å². The Hall–Kier alpha value is -3.02. The highest BCUT2D eigenvalue weighted by atomic mass is 16.1. The summed E-state index contributed by atoms with van der Waals surface area (Å²) in [6, 6.07) is 11.9. The lowest BCUT2D eigenvalue weighted by Crippen LogP contribution is -2.31. The maximum Gasteiger partial charge on any atom is 0.270 e. The van der Waals surface area contributed by atoms with E-state index in [1.807, 2.05) is 24.4 Å². The van der Waals surface area contributed by atoms with Gasteiger partial charge in [0.1, 0.15) is 11.5 Å². The molecule has 0 fully saturated rings. The van der Waals surface area contributed by atoms with Crippen molar-refractivity contribution in [2.45, 2.75) is 38.8 Å². The number of amides is 1. The molecule has 0 aliphatic heterocycles. The van der Waals surface area contributed by atoms with Crippen molar-refractivity contribution in [3.05, 3.63) is 77.1 Å². The van der Waals surface area contributed by atoms with Crippen LogP contribution in [0.15, 0.2) is 48.8 Å². The number of nitrogens with one attached hydrogen (secondary N) is 1. The largest absolute Gasteiger partial charge is 0.344 e. The van der Waals surface area contributed by atoms with Gasteiger partial charge in [0.25, 0.3) is 5.91 Å². The summed E-state index contributed by atoms with van der Waals surface area (Å²) in [5.74, 6) is 0.432. The van der Waals surface area contributed by atoms with Crippen molar-refractivity contribution < 1.29 is 4.79 Å². The van der Waals surface area contributed by atoms with Crippen LogP contribution in [-0.2, 0) is 13.0 Å². The average molecular weight is 347 g/mol. The van der Waals surface area contributed by atoms with Crippen LogP contribution in [0.1, 0.15) is 52.0 Å². The van der Waals surface area contributed by atoms with Gasteiger partial charge in [-0.25, -0.2) is 9.97 Å². The number of rotatable bonds is 4. The van der Waals surface area contributed by atoms with Gasteiger partial charge in [0, 0.05) is 17.5 Å². The van der Waals surface area contributed by atoms with Crippen molar-refractivity contribution in [3.63, 3.8) is 0 Å². The van der Waals surface area contributed by atoms with Crippen LogP contribution in [0.4, 0.5) is 0 Å². The molecule has 2 aromatic heterocycles. The van der Waals surface area contributed by atoms with E-state index in [1.165, 1.54) is 11.3 Å². The van der Waals surface area contributed by atoms with Gasteiger partial charge >= 0.3 is 0 Å². The smallest absolute Gasteiger partial charge is 0.270 e. The lowest BCUT2D eigenvalue weighted by atomic mass is 9.92. The maximum absolute atomic E-state index is 12.5. The second-order valence-corrected chi connectivity index (χ2v) is 6.60. The van der Waals surface area contributed by atoms with Gasteiger partial charge in [0.15, 0.2) is 0 Å². The summed E-state index contributed by atoms with van der Waals surface area (Å²) < 4.78 is 2.05. The van der Waals surface area contributed by atoms with E-state index in [1.54, 1.807) is 19.2 Å². The van der Waals surface area contributed by atoms with Gasteiger partial charge in [0.2, 0.25) is 0 Å². The number of aryl methyl sites for hydroxylation is 1. The molecule has 6 heteroatoms. The summed E-state index contributed by atoms with van der Waals surface area (Å²) >= 11 is 0. The Morgan fingerprint density at radius 1 is 1.27 bits per heavy atom. The highest BCUT2D eigenvalue weighted by molar-refractivity contribution is 5.92. The first-order valence-electron chi connectivity index (χ1n) is 8.90. The second-order valence-electron chi connectivity index (χ2n) is 6.60. The molecule has 1 aliphatic rings. The van der Waals surface area contributed by atoms with Gasteiger partial charge in [0.05, 0.1) is 18.8 Å². The number of hydrogen-bond acceptors (Lipinski definition) is 4. The van der Waals surface area contributed by atoms with Gasteiger partial charge in [-0.2, -0.15) is 5.10 Å². The predicted molar refractivity (Wildman–Crippen MR) is 97.7 cm³/mol.